The summed E-state index contributed by atoms with van der Waals surface area (Å²) in [5.74, 6) is -6.85. The summed E-state index contributed by atoms with van der Waals surface area (Å²) in [5, 5.41) is 63.5. The number of ketones is 1. The number of anilines is 4. The maximum atomic E-state index is 14.8. The number of allylic oxidation sites excluding steroid dienone is 5. The summed E-state index contributed by atoms with van der Waals surface area (Å²) in [5.41, 5.74) is 18.8. The van der Waals surface area contributed by atoms with Gasteiger partial charge in [0, 0.05) is 160 Å². The fraction of sp³-hybridized carbons (Fsp3) is 0.628. The Balaban J connectivity index is 0.582. The number of piperazine rings is 1. The summed E-state index contributed by atoms with van der Waals surface area (Å²) in [6.07, 6.45) is 18.4. The van der Waals surface area contributed by atoms with E-state index in [4.69, 9.17) is 73.7 Å². The smallest absolute Gasteiger partial charge is 0.329 e. The van der Waals surface area contributed by atoms with Crippen LogP contribution in [0.5, 0.6) is 0 Å². The number of methoxy groups -OCH3 is 3. The highest BCUT2D eigenvalue weighted by Gasteiger charge is 2.53. The van der Waals surface area contributed by atoms with Gasteiger partial charge in [-0.2, -0.15) is 10.1 Å². The highest BCUT2D eigenvalue weighted by molar-refractivity contribution is 6.39. The molecule has 6 aliphatic rings. The lowest BCUT2D eigenvalue weighted by molar-refractivity contribution is -0.265. The normalized spacial score (nSPS) is 27.3. The van der Waals surface area contributed by atoms with E-state index < -0.39 is 90.7 Å². The number of cyclic esters (lactones) is 1. The van der Waals surface area contributed by atoms with E-state index >= 15 is 0 Å². The third-order valence-corrected chi connectivity index (χ3v) is 26.2. The summed E-state index contributed by atoms with van der Waals surface area (Å²) in [4.78, 5) is 128. The Bertz CT molecular complexity index is 5000. The van der Waals surface area contributed by atoms with E-state index in [1.165, 1.54) is 30.7 Å². The summed E-state index contributed by atoms with van der Waals surface area (Å²) in [6.45, 7) is 18.7. The first kappa shape index (κ1) is 101. The minimum atomic E-state index is -2.47. The molecule has 3 saturated heterocycles. The number of hydrogen-bond acceptors (Lipinski definition) is 33. The van der Waals surface area contributed by atoms with Crippen LogP contribution in [0.3, 0.4) is 0 Å². The summed E-state index contributed by atoms with van der Waals surface area (Å²) in [6, 6.07) is 4.38. The number of Topliss-reactive ketones (excluding diaryl/α,β-unsaturated/α-hetero) is 1. The summed E-state index contributed by atoms with van der Waals surface area (Å²) < 4.78 is 54.6. The van der Waals surface area contributed by atoms with Crippen LogP contribution in [0.15, 0.2) is 100 Å². The van der Waals surface area contributed by atoms with Gasteiger partial charge in [0.15, 0.2) is 17.8 Å². The van der Waals surface area contributed by atoms with Crippen LogP contribution in [0.25, 0.3) is 33.4 Å². The van der Waals surface area contributed by atoms with Crippen molar-refractivity contribution in [1.82, 2.24) is 65.1 Å². The van der Waals surface area contributed by atoms with Gasteiger partial charge in [-0.1, -0.05) is 76.2 Å². The molecule has 10 N–H and O–H groups in total. The van der Waals surface area contributed by atoms with Crippen LogP contribution >= 0.6 is 0 Å². The molecule has 5 aromatic heterocycles. The number of nitrogens with two attached hydrogens (primary N) is 2. The second-order valence-corrected chi connectivity index (χ2v) is 35.8. The number of nitrogen functional groups attached to an aromatic ring is 2. The highest BCUT2D eigenvalue weighted by Crippen LogP contribution is 2.40. The average Bonchev–Trinajstić information content (AvgIpc) is 1.67. The average molecular weight is 1840 g/mol. The molecule has 720 valence electrons. The predicted octanol–water partition coefficient (Wildman–Crippen LogP) is 7.15. The van der Waals surface area contributed by atoms with E-state index in [2.05, 4.69) is 52.5 Å². The maximum absolute atomic E-state index is 14.8. The van der Waals surface area contributed by atoms with Crippen molar-refractivity contribution < 1.29 is 96.3 Å². The molecule has 1 aromatic carbocycles. The largest absolute Gasteiger partial charge is 0.460 e. The quantitative estimate of drug-likeness (QED) is 0.00729. The number of carbonyl (C=O) groups is 6. The van der Waals surface area contributed by atoms with Gasteiger partial charge < -0.3 is 109 Å². The first-order valence-corrected chi connectivity index (χ1v) is 46.5. The van der Waals surface area contributed by atoms with Gasteiger partial charge >= 0.3 is 5.97 Å². The molecule has 1 aliphatic carbocycles. The molecule has 12 rings (SSSR count). The van der Waals surface area contributed by atoms with Crippen LogP contribution in [0.2, 0.25) is 0 Å². The van der Waals surface area contributed by atoms with Gasteiger partial charge in [-0.25, -0.2) is 39.4 Å². The number of aliphatic hydroxyl groups is 4. The van der Waals surface area contributed by atoms with Crippen molar-refractivity contribution in [1.29, 1.82) is 0 Å². The molecule has 4 amide bonds. The molecule has 16 atom stereocenters. The number of nitrogens with one attached hydrogen (secondary N) is 2. The number of aromatic nitrogens is 9. The lowest BCUT2D eigenvalue weighted by Gasteiger charge is -2.43. The van der Waals surface area contributed by atoms with Gasteiger partial charge in [0.1, 0.15) is 47.7 Å². The number of amides is 4. The van der Waals surface area contributed by atoms with E-state index in [0.29, 0.717) is 205 Å². The molecule has 5 aliphatic heterocycles. The van der Waals surface area contributed by atoms with E-state index in [0.717, 1.165) is 28.8 Å². The number of fused-ring (bicyclic) bond motifs is 6. The molecule has 132 heavy (non-hydrogen) atoms. The van der Waals surface area contributed by atoms with Crippen LogP contribution < -0.4 is 31.9 Å². The first-order chi connectivity index (χ1) is 63.6. The van der Waals surface area contributed by atoms with E-state index in [1.54, 1.807) is 62.9 Å². The molecular formula is C94H134N18O20. The van der Waals surface area contributed by atoms with Crippen LogP contribution in [-0.4, -0.2) is 297 Å². The topological polar surface area (TPSA) is 489 Å². The van der Waals surface area contributed by atoms with E-state index in [1.807, 2.05) is 68.2 Å². The zero-order valence-electron chi connectivity index (χ0n) is 77.7. The van der Waals surface area contributed by atoms with Crippen LogP contribution in [0.1, 0.15) is 166 Å². The summed E-state index contributed by atoms with van der Waals surface area (Å²) >= 11 is 0. The van der Waals surface area contributed by atoms with Crippen molar-refractivity contribution in [2.75, 3.05) is 141 Å². The van der Waals surface area contributed by atoms with Gasteiger partial charge in [0.2, 0.25) is 23.6 Å². The van der Waals surface area contributed by atoms with Gasteiger partial charge in [0.05, 0.1) is 92.5 Å². The van der Waals surface area contributed by atoms with E-state index in [9.17, 15) is 49.2 Å². The Morgan fingerprint density at radius 3 is 2.23 bits per heavy atom. The predicted molar refractivity (Wildman–Crippen MR) is 491 cm³/mol. The fourth-order valence-corrected chi connectivity index (χ4v) is 18.3. The molecule has 6 aromatic rings. The lowest BCUT2D eigenvalue weighted by atomic mass is 9.78. The molecule has 0 unspecified atom stereocenters. The molecule has 38 nitrogen and oxygen atoms in total. The monoisotopic (exact) mass is 1840 g/mol. The van der Waals surface area contributed by atoms with Crippen molar-refractivity contribution in [3.05, 3.63) is 108 Å². The second kappa shape index (κ2) is 48.5. The molecule has 0 radical (unpaired) electrons. The standard InChI is InChI=1S/C94H134N18O20/c1-57-18-12-11-13-19-58(2)75(123-8)49-68-24-21-63(7)94(122,132-68)85(118)89(120)111-31-16-14-20-71(111)90(121)130-76(60(4)46-64-22-25-72(113)77(47-64)124-9)50-73(114)59(3)45-62(6)83(117)84(125-10)81(61(5)44-57)107-129-55-79(116)110-33-27-69-67(54-110)53-101-93(105-69)109-36-34-108(35-37-109)92-99-51-66(52-100-92)88(119)98-30-39-127-41-43-128-42-40-126-38-28-78(115)97-29-15-17-32-112-87-80(86(95)102-56-103-87)82(106-112)65-23-26-74-70(48-65)104-91(96)131-74/h11-13,18-19,23,26,45,48,51-53,56-57,59-61,63-64,68,71-73,75-77,83-84,113-114,117,122H,14-17,20-22,24-25,27-44,46-47,49-50,54-55H2,1-10H3,(H2,96,104)(H,97,115)(H,98,119)(H2,95,102,103)/b13-11?,18-12+,58-19?,62-45+,107-81?/t57-,59-,60-,61-,63-,64+,68+,71+,72-,73-,75+,76+,77-,83-,84+,94-/m1/s1. The summed E-state index contributed by atoms with van der Waals surface area (Å²) in [7, 11) is 4.62. The number of aryl methyl sites for hydroxylation is 1. The Morgan fingerprint density at radius 1 is 0.742 bits per heavy atom. The molecule has 4 fully saturated rings. The van der Waals surface area contributed by atoms with Crippen molar-refractivity contribution >= 4 is 87.0 Å². The Kier molecular flexibility index (Phi) is 37.0. The van der Waals surface area contributed by atoms with E-state index in [-0.39, 0.29) is 112 Å². The molecule has 0 spiro atoms. The van der Waals surface area contributed by atoms with Gasteiger partial charge in [-0.05, 0) is 138 Å². The fourth-order valence-electron chi connectivity index (χ4n) is 18.3. The number of unbranched alkanes of at least 4 members (excludes halogenated alkanes) is 1. The molecule has 2 bridgehead atoms. The number of benzene rings is 1. The number of esters is 1. The first-order valence-electron chi connectivity index (χ1n) is 46.5. The molecular weight excluding hydrogens is 1700 g/mol. The van der Waals surface area contributed by atoms with Crippen LogP contribution in [0, 0.1) is 35.5 Å². The second-order valence-electron chi connectivity index (χ2n) is 35.8. The third kappa shape index (κ3) is 26.6. The maximum Gasteiger partial charge on any atom is 0.329 e. The molecule has 10 heterocycles. The van der Waals surface area contributed by atoms with Crippen molar-refractivity contribution in [2.24, 2.45) is 40.7 Å². The van der Waals surface area contributed by atoms with Crippen LogP contribution in [-0.2, 0) is 86.2 Å². The third-order valence-electron chi connectivity index (χ3n) is 26.2. The van der Waals surface area contributed by atoms with Gasteiger partial charge in [-0.3, -0.25) is 24.0 Å². The number of carbonyl (C=O) groups excluding carboxylic acids is 6. The minimum absolute atomic E-state index is 0.0374. The SMILES string of the molecule is CO[C@H]1C[C@@H]2CC[C@@H](C)[C@@](O)(O2)C(=O)C(=O)N2CCCC[C@H]2C(=O)O[C@H]([C@H](C)C[C@@H]2CC[C@@H](O)[C@H](OC)C2)C[C@@H](O)[C@H](C)/C=C(\C)[C@@H](O)[C@@H](OC)C(=NOCC(=O)N2CCc3nc(N4CCN(c5ncc(C(=O)NCCOCCOCCOCCC(=O)NCCCCn6nc(-c7ccc8oc(N)nc8c7)c7c(N)ncnc76)cn5)CC4)ncc3C2)[C@H](C)C[C@H](C)/C=C/C=CC=C1C. The Hall–Kier alpha value is -10.4. The number of nitrogens with zero attached hydrogens (tertiary/aromatic N) is 14. The molecule has 1 saturated carbocycles. The Labute approximate surface area is 770 Å². The lowest BCUT2D eigenvalue weighted by Crippen LogP contribution is -2.61. The molecule has 38 heteroatoms. The minimum Gasteiger partial charge on any atom is -0.460 e. The zero-order chi connectivity index (χ0) is 94.1. The van der Waals surface area contributed by atoms with Crippen molar-refractivity contribution in [3.63, 3.8) is 0 Å². The number of oxazole rings is 1. The highest BCUT2D eigenvalue weighted by atomic mass is 16.6. The number of piperidine rings is 1. The van der Waals surface area contributed by atoms with Gasteiger partial charge in [0.25, 0.3) is 29.5 Å². The van der Waals surface area contributed by atoms with Crippen molar-refractivity contribution in [2.45, 2.75) is 225 Å². The van der Waals surface area contributed by atoms with Gasteiger partial charge in [-0.15, -0.1) is 0 Å². The van der Waals surface area contributed by atoms with Crippen LogP contribution in [0.4, 0.5) is 23.7 Å². The van der Waals surface area contributed by atoms with Crippen molar-refractivity contribution in [3.8, 4) is 11.3 Å². The number of rotatable bonds is 30. The Morgan fingerprint density at radius 2 is 1.48 bits per heavy atom. The number of oxime groups is 1. The number of ether oxygens (including phenoxy) is 8. The zero-order valence-corrected chi connectivity index (χ0v) is 77.7. The number of aliphatic hydroxyl groups excluding tert-OH is 3. The number of hydrogen-bond donors (Lipinski definition) is 8.